The number of nitrogens with one attached hydrogen (secondary N) is 1. The van der Waals surface area contributed by atoms with E-state index in [9.17, 15) is 13.0 Å². The van der Waals surface area contributed by atoms with Crippen molar-refractivity contribution in [3.8, 4) is 0 Å². The van der Waals surface area contributed by atoms with Crippen molar-refractivity contribution in [1.82, 2.24) is 15.0 Å². The van der Waals surface area contributed by atoms with Crippen molar-refractivity contribution in [2.45, 2.75) is 5.03 Å². The molecule has 0 spiro atoms. The first-order valence-corrected chi connectivity index (χ1v) is 7.70. The largest absolute Gasteiger partial charge is 0.391 e. The minimum absolute atomic E-state index is 0.289. The van der Waals surface area contributed by atoms with Crippen molar-refractivity contribution in [3.63, 3.8) is 0 Å². The van der Waals surface area contributed by atoms with Crippen LogP contribution < -0.4 is 5.57 Å². The van der Waals surface area contributed by atoms with E-state index in [-0.39, 0.29) is 10.6 Å². The van der Waals surface area contributed by atoms with Crippen LogP contribution in [0.25, 0.3) is 0 Å². The Kier molecular flexibility index (Phi) is 4.92. The third kappa shape index (κ3) is 5.28. The second-order valence-corrected chi connectivity index (χ2v) is 5.98. The number of aromatic nitrogens is 3. The molecule has 0 unspecified atom stereocenters. The molecular formula is C8H10N3O6PS. The van der Waals surface area contributed by atoms with E-state index < -0.39 is 17.7 Å². The summed E-state index contributed by atoms with van der Waals surface area (Å²) in [5.41, 5.74) is -0.289. The highest BCUT2D eigenvalue weighted by Gasteiger charge is 2.18. The van der Waals surface area contributed by atoms with Gasteiger partial charge in [-0.2, -0.15) is 8.42 Å². The summed E-state index contributed by atoms with van der Waals surface area (Å²) in [6.07, 6.45) is 3.94. The number of imidazole rings is 1. The first-order valence-electron chi connectivity index (χ1n) is 4.65. The van der Waals surface area contributed by atoms with Gasteiger partial charge in [-0.05, 0) is 12.1 Å². The molecule has 0 aliphatic rings. The Morgan fingerprint density at radius 2 is 1.84 bits per heavy atom. The zero-order valence-electron chi connectivity index (χ0n) is 9.28. The fourth-order valence-corrected chi connectivity index (χ4v) is 1.82. The molecular weight excluding hydrogens is 297 g/mol. The fourth-order valence-electron chi connectivity index (χ4n) is 0.916. The van der Waals surface area contributed by atoms with Gasteiger partial charge in [-0.3, -0.25) is 9.12 Å². The highest BCUT2D eigenvalue weighted by Crippen LogP contribution is 2.30. The van der Waals surface area contributed by atoms with E-state index in [4.69, 9.17) is 14.3 Å². The minimum atomic E-state index is -4.14. The van der Waals surface area contributed by atoms with Crippen LogP contribution in [0.4, 0.5) is 0 Å². The SMILES string of the molecule is O=P(O)(O)c1ncc[nH]1.O=S(=O)(O)c1ccccn1. The lowest BCUT2D eigenvalue weighted by molar-refractivity contribution is 0.385. The average molecular weight is 307 g/mol. The van der Waals surface area contributed by atoms with Crippen LogP contribution in [0.3, 0.4) is 0 Å². The number of aromatic amines is 1. The van der Waals surface area contributed by atoms with Crippen molar-refractivity contribution in [1.29, 1.82) is 0 Å². The molecule has 9 nitrogen and oxygen atoms in total. The predicted molar refractivity (Wildman–Crippen MR) is 64.3 cm³/mol. The molecule has 2 aromatic heterocycles. The first-order chi connectivity index (χ1) is 8.71. The highest BCUT2D eigenvalue weighted by molar-refractivity contribution is 7.85. The van der Waals surface area contributed by atoms with Crippen molar-refractivity contribution >= 4 is 23.3 Å². The lowest BCUT2D eigenvalue weighted by Gasteiger charge is -1.95. The zero-order chi connectivity index (χ0) is 14.5. The van der Waals surface area contributed by atoms with Gasteiger partial charge < -0.3 is 14.8 Å². The normalized spacial score (nSPS) is 11.5. The van der Waals surface area contributed by atoms with E-state index in [1.807, 2.05) is 0 Å². The van der Waals surface area contributed by atoms with Gasteiger partial charge in [-0.15, -0.1) is 0 Å². The monoisotopic (exact) mass is 307 g/mol. The van der Waals surface area contributed by atoms with E-state index in [1.165, 1.54) is 30.7 Å². The number of rotatable bonds is 2. The molecule has 11 heteroatoms. The van der Waals surface area contributed by atoms with Gasteiger partial charge in [0.25, 0.3) is 0 Å². The van der Waals surface area contributed by atoms with Gasteiger partial charge in [0.1, 0.15) is 0 Å². The standard InChI is InChI=1S/C5H5NO3S.C3H5N2O3P/c7-10(8,9)5-3-1-2-4-6-5;6-9(7,8)3-4-1-2-5-3/h1-4H,(H,7,8,9);1-2H,(H,4,5)(H2,6,7,8). The van der Waals surface area contributed by atoms with Crippen molar-refractivity contribution in [2.24, 2.45) is 0 Å². The Morgan fingerprint density at radius 3 is 2.11 bits per heavy atom. The molecule has 0 saturated carbocycles. The summed E-state index contributed by atoms with van der Waals surface area (Å²) in [6.45, 7) is 0. The topological polar surface area (TPSA) is 153 Å². The summed E-state index contributed by atoms with van der Waals surface area (Å²) in [5.74, 6) is 0. The molecule has 0 saturated heterocycles. The molecule has 0 bridgehead atoms. The maximum Gasteiger partial charge on any atom is 0.391 e. The Hall–Kier alpha value is -1.58. The second-order valence-electron chi connectivity index (χ2n) is 3.10. The summed E-state index contributed by atoms with van der Waals surface area (Å²) in [7, 11) is -8.25. The Bertz CT molecular complexity index is 651. The number of pyridine rings is 1. The fraction of sp³-hybridized carbons (Fsp3) is 0. The molecule has 0 aromatic carbocycles. The number of nitrogens with zero attached hydrogens (tertiary/aromatic N) is 2. The second kappa shape index (κ2) is 6.04. The molecule has 104 valence electrons. The lowest BCUT2D eigenvalue weighted by Crippen LogP contribution is -2.07. The van der Waals surface area contributed by atoms with Gasteiger partial charge in [-0.1, -0.05) is 6.07 Å². The number of hydrogen-bond acceptors (Lipinski definition) is 5. The van der Waals surface area contributed by atoms with Crippen LogP contribution in [0.1, 0.15) is 0 Å². The first kappa shape index (κ1) is 15.5. The maximum atomic E-state index is 10.3. The maximum absolute atomic E-state index is 10.3. The molecule has 4 N–H and O–H groups in total. The van der Waals surface area contributed by atoms with Crippen LogP contribution in [-0.2, 0) is 14.7 Å². The van der Waals surface area contributed by atoms with Crippen molar-refractivity contribution < 1.29 is 27.3 Å². The minimum Gasteiger partial charge on any atom is -0.338 e. The van der Waals surface area contributed by atoms with Crippen LogP contribution in [0.5, 0.6) is 0 Å². The van der Waals surface area contributed by atoms with Gasteiger partial charge in [-0.25, -0.2) is 9.97 Å². The van der Waals surface area contributed by atoms with Crippen LogP contribution >= 0.6 is 7.60 Å². The zero-order valence-corrected chi connectivity index (χ0v) is 11.0. The molecule has 0 aliphatic carbocycles. The van der Waals surface area contributed by atoms with Gasteiger partial charge >= 0.3 is 17.7 Å². The quantitative estimate of drug-likeness (QED) is 0.429. The molecule has 0 radical (unpaired) electrons. The van der Waals surface area contributed by atoms with Crippen molar-refractivity contribution in [3.05, 3.63) is 36.8 Å². The molecule has 0 aliphatic heterocycles. The smallest absolute Gasteiger partial charge is 0.338 e. The van der Waals surface area contributed by atoms with E-state index in [2.05, 4.69) is 15.0 Å². The Labute approximate surface area is 108 Å². The van der Waals surface area contributed by atoms with E-state index in [1.54, 1.807) is 6.07 Å². The summed E-state index contributed by atoms with van der Waals surface area (Å²) in [5, 5.41) is -0.324. The molecule has 19 heavy (non-hydrogen) atoms. The third-order valence-corrected chi connectivity index (χ3v) is 3.23. The van der Waals surface area contributed by atoms with Crippen LogP contribution in [0.15, 0.2) is 41.8 Å². The molecule has 2 heterocycles. The summed E-state index contributed by atoms with van der Waals surface area (Å²) in [4.78, 5) is 25.9. The Balaban J connectivity index is 0.000000191. The average Bonchev–Trinajstić information content (AvgIpc) is 2.83. The van der Waals surface area contributed by atoms with Crippen LogP contribution in [0.2, 0.25) is 0 Å². The molecule has 0 fully saturated rings. The summed E-state index contributed by atoms with van der Waals surface area (Å²) < 4.78 is 39.3. The van der Waals surface area contributed by atoms with Gasteiger partial charge in [0.15, 0.2) is 5.03 Å². The number of hydrogen-bond donors (Lipinski definition) is 4. The van der Waals surface area contributed by atoms with E-state index in [0.29, 0.717) is 0 Å². The third-order valence-electron chi connectivity index (χ3n) is 1.66. The lowest BCUT2D eigenvalue weighted by atomic mass is 10.5. The van der Waals surface area contributed by atoms with Gasteiger partial charge in [0.2, 0.25) is 5.57 Å². The molecule has 2 aromatic rings. The highest BCUT2D eigenvalue weighted by atomic mass is 32.2. The summed E-state index contributed by atoms with van der Waals surface area (Å²) in [6, 6.07) is 4.26. The molecule has 0 atom stereocenters. The summed E-state index contributed by atoms with van der Waals surface area (Å²) >= 11 is 0. The van der Waals surface area contributed by atoms with E-state index in [0.717, 1.165) is 0 Å². The predicted octanol–water partition coefficient (Wildman–Crippen LogP) is -0.459. The van der Waals surface area contributed by atoms with Crippen LogP contribution in [0, 0.1) is 0 Å². The van der Waals surface area contributed by atoms with Gasteiger partial charge in [0.05, 0.1) is 0 Å². The molecule has 0 amide bonds. The Morgan fingerprint density at radius 1 is 1.16 bits per heavy atom. The van der Waals surface area contributed by atoms with E-state index >= 15 is 0 Å². The number of H-pyrrole nitrogens is 1. The van der Waals surface area contributed by atoms with Gasteiger partial charge in [0, 0.05) is 18.6 Å². The molecule has 2 rings (SSSR count). The van der Waals surface area contributed by atoms with Crippen LogP contribution in [-0.4, -0.2) is 37.7 Å². The van der Waals surface area contributed by atoms with Crippen molar-refractivity contribution in [2.75, 3.05) is 0 Å².